The van der Waals surface area contributed by atoms with Gasteiger partial charge in [0.2, 0.25) is 0 Å². The van der Waals surface area contributed by atoms with Gasteiger partial charge in [-0.05, 0) is 30.9 Å². The zero-order chi connectivity index (χ0) is 11.5. The van der Waals surface area contributed by atoms with Crippen molar-refractivity contribution in [2.75, 3.05) is 5.75 Å². The van der Waals surface area contributed by atoms with E-state index in [0.717, 1.165) is 18.1 Å². The number of aromatic nitrogens is 1. The Bertz CT molecular complexity index is 347. The maximum atomic E-state index is 6.07. The lowest BCUT2D eigenvalue weighted by Gasteiger charge is -2.15. The average molecular weight is 256 g/mol. The second kappa shape index (κ2) is 5.52. The first-order valence-electron chi connectivity index (χ1n) is 5.98. The number of nitrogens with two attached hydrogens (primary N) is 1. The SMILES string of the molecule is CC(C)CSCc1nc2c(s1)CCCC2N. The summed E-state index contributed by atoms with van der Waals surface area (Å²) >= 11 is 3.86. The third kappa shape index (κ3) is 2.99. The van der Waals surface area contributed by atoms with Crippen molar-refractivity contribution < 1.29 is 0 Å². The predicted molar refractivity (Wildman–Crippen MR) is 73.0 cm³/mol. The molecule has 0 radical (unpaired) electrons. The standard InChI is InChI=1S/C12H20N2S2/c1-8(2)6-15-7-11-14-12-9(13)4-3-5-10(12)16-11/h8-9H,3-7,13H2,1-2H3. The van der Waals surface area contributed by atoms with Gasteiger partial charge in [0.15, 0.2) is 0 Å². The Hall–Kier alpha value is -0.0600. The van der Waals surface area contributed by atoms with Crippen LogP contribution in [-0.4, -0.2) is 10.7 Å². The number of nitrogens with zero attached hydrogens (tertiary/aromatic N) is 1. The van der Waals surface area contributed by atoms with Crippen molar-refractivity contribution in [2.24, 2.45) is 11.7 Å². The quantitative estimate of drug-likeness (QED) is 0.897. The third-order valence-corrected chi connectivity index (χ3v) is 5.41. The van der Waals surface area contributed by atoms with Gasteiger partial charge in [0, 0.05) is 16.7 Å². The molecule has 1 aliphatic carbocycles. The normalized spacial score (nSPS) is 20.1. The lowest BCUT2D eigenvalue weighted by Crippen LogP contribution is -2.16. The first-order chi connectivity index (χ1) is 7.66. The molecule has 0 spiro atoms. The molecule has 2 rings (SSSR count). The van der Waals surface area contributed by atoms with Gasteiger partial charge in [0.1, 0.15) is 5.01 Å². The highest BCUT2D eigenvalue weighted by Crippen LogP contribution is 2.33. The fraction of sp³-hybridized carbons (Fsp3) is 0.750. The molecular weight excluding hydrogens is 236 g/mol. The van der Waals surface area contributed by atoms with E-state index < -0.39 is 0 Å². The van der Waals surface area contributed by atoms with E-state index in [4.69, 9.17) is 10.7 Å². The number of hydrogen-bond acceptors (Lipinski definition) is 4. The summed E-state index contributed by atoms with van der Waals surface area (Å²) in [5.41, 5.74) is 7.27. The topological polar surface area (TPSA) is 38.9 Å². The van der Waals surface area contributed by atoms with Gasteiger partial charge in [-0.3, -0.25) is 0 Å². The lowest BCUT2D eigenvalue weighted by molar-refractivity contribution is 0.563. The van der Waals surface area contributed by atoms with Crippen molar-refractivity contribution in [3.8, 4) is 0 Å². The number of rotatable bonds is 4. The van der Waals surface area contributed by atoms with Crippen molar-refractivity contribution in [3.63, 3.8) is 0 Å². The van der Waals surface area contributed by atoms with Gasteiger partial charge < -0.3 is 5.73 Å². The molecule has 1 aromatic heterocycles. The van der Waals surface area contributed by atoms with E-state index in [2.05, 4.69) is 13.8 Å². The fourth-order valence-electron chi connectivity index (χ4n) is 1.95. The summed E-state index contributed by atoms with van der Waals surface area (Å²) in [6.07, 6.45) is 3.53. The molecule has 0 aliphatic heterocycles. The summed E-state index contributed by atoms with van der Waals surface area (Å²) in [6, 6.07) is 0.198. The summed E-state index contributed by atoms with van der Waals surface area (Å²) < 4.78 is 0. The van der Waals surface area contributed by atoms with E-state index in [0.29, 0.717) is 0 Å². The average Bonchev–Trinajstić information content (AvgIpc) is 2.61. The van der Waals surface area contributed by atoms with Crippen LogP contribution in [0.3, 0.4) is 0 Å². The van der Waals surface area contributed by atoms with Crippen LogP contribution in [0.4, 0.5) is 0 Å². The van der Waals surface area contributed by atoms with Crippen LogP contribution in [0, 0.1) is 5.92 Å². The zero-order valence-electron chi connectivity index (χ0n) is 10.0. The summed E-state index contributed by atoms with van der Waals surface area (Å²) in [7, 11) is 0. The Kier molecular flexibility index (Phi) is 4.27. The van der Waals surface area contributed by atoms with Crippen LogP contribution in [0.25, 0.3) is 0 Å². The van der Waals surface area contributed by atoms with Crippen LogP contribution >= 0.6 is 23.1 Å². The molecule has 4 heteroatoms. The van der Waals surface area contributed by atoms with Gasteiger partial charge in [0.25, 0.3) is 0 Å². The number of fused-ring (bicyclic) bond motifs is 1. The van der Waals surface area contributed by atoms with Crippen LogP contribution in [0.1, 0.15) is 48.3 Å². The number of thiazole rings is 1. The highest BCUT2D eigenvalue weighted by Gasteiger charge is 2.21. The molecule has 90 valence electrons. The van der Waals surface area contributed by atoms with Gasteiger partial charge >= 0.3 is 0 Å². The van der Waals surface area contributed by atoms with Crippen LogP contribution < -0.4 is 5.73 Å². The van der Waals surface area contributed by atoms with Crippen molar-refractivity contribution >= 4 is 23.1 Å². The summed E-state index contributed by atoms with van der Waals surface area (Å²) in [5.74, 6) is 3.04. The molecule has 1 unspecified atom stereocenters. The fourth-order valence-corrected chi connectivity index (χ4v) is 4.24. The van der Waals surface area contributed by atoms with E-state index in [1.54, 1.807) is 0 Å². The second-order valence-electron chi connectivity index (χ2n) is 4.82. The molecular formula is C12H20N2S2. The van der Waals surface area contributed by atoms with Crippen molar-refractivity contribution in [3.05, 3.63) is 15.6 Å². The summed E-state index contributed by atoms with van der Waals surface area (Å²) in [4.78, 5) is 6.14. The minimum Gasteiger partial charge on any atom is -0.323 e. The molecule has 1 aliphatic rings. The smallest absolute Gasteiger partial charge is 0.103 e. The van der Waals surface area contributed by atoms with E-state index in [1.165, 1.54) is 34.2 Å². The van der Waals surface area contributed by atoms with Crippen LogP contribution in [-0.2, 0) is 12.2 Å². The molecule has 16 heavy (non-hydrogen) atoms. The van der Waals surface area contributed by atoms with Gasteiger partial charge in [-0.2, -0.15) is 11.8 Å². The third-order valence-electron chi connectivity index (χ3n) is 2.72. The highest BCUT2D eigenvalue weighted by molar-refractivity contribution is 7.98. The Morgan fingerprint density at radius 1 is 1.56 bits per heavy atom. The largest absolute Gasteiger partial charge is 0.323 e. The first-order valence-corrected chi connectivity index (χ1v) is 7.95. The number of hydrogen-bond donors (Lipinski definition) is 1. The Labute approximate surface area is 106 Å². The molecule has 0 fully saturated rings. The van der Waals surface area contributed by atoms with E-state index in [-0.39, 0.29) is 6.04 Å². The maximum Gasteiger partial charge on any atom is 0.103 e. The monoisotopic (exact) mass is 256 g/mol. The summed E-state index contributed by atoms with van der Waals surface area (Å²) in [6.45, 7) is 4.52. The minimum absolute atomic E-state index is 0.198. The predicted octanol–water partition coefficient (Wildman–Crippen LogP) is 3.37. The molecule has 2 N–H and O–H groups in total. The first kappa shape index (κ1) is 12.4. The van der Waals surface area contributed by atoms with Gasteiger partial charge in [-0.15, -0.1) is 11.3 Å². The van der Waals surface area contributed by atoms with E-state index in [1.807, 2.05) is 23.1 Å². The van der Waals surface area contributed by atoms with Crippen LogP contribution in [0.15, 0.2) is 0 Å². The van der Waals surface area contributed by atoms with Gasteiger partial charge in [-0.25, -0.2) is 4.98 Å². The Balaban J connectivity index is 1.96. The molecule has 1 heterocycles. The lowest BCUT2D eigenvalue weighted by atomic mass is 9.99. The van der Waals surface area contributed by atoms with Crippen LogP contribution in [0.2, 0.25) is 0 Å². The van der Waals surface area contributed by atoms with Crippen molar-refractivity contribution in [2.45, 2.75) is 44.9 Å². The number of thioether (sulfide) groups is 1. The highest BCUT2D eigenvalue weighted by atomic mass is 32.2. The molecule has 1 atom stereocenters. The zero-order valence-corrected chi connectivity index (χ0v) is 11.7. The Morgan fingerprint density at radius 2 is 2.38 bits per heavy atom. The van der Waals surface area contributed by atoms with Crippen LogP contribution in [0.5, 0.6) is 0 Å². The van der Waals surface area contributed by atoms with Crippen molar-refractivity contribution in [1.29, 1.82) is 0 Å². The molecule has 0 bridgehead atoms. The van der Waals surface area contributed by atoms with E-state index in [9.17, 15) is 0 Å². The molecule has 1 aromatic rings. The van der Waals surface area contributed by atoms with E-state index >= 15 is 0 Å². The minimum atomic E-state index is 0.198. The second-order valence-corrected chi connectivity index (χ2v) is 7.02. The van der Waals surface area contributed by atoms with Gasteiger partial charge in [0.05, 0.1) is 5.69 Å². The molecule has 2 nitrogen and oxygen atoms in total. The van der Waals surface area contributed by atoms with Gasteiger partial charge in [-0.1, -0.05) is 13.8 Å². The number of aryl methyl sites for hydroxylation is 1. The Morgan fingerprint density at radius 3 is 3.06 bits per heavy atom. The van der Waals surface area contributed by atoms with Crippen molar-refractivity contribution in [1.82, 2.24) is 4.98 Å². The summed E-state index contributed by atoms with van der Waals surface area (Å²) in [5, 5.41) is 1.27. The molecule has 0 aromatic carbocycles. The molecule has 0 saturated heterocycles. The molecule has 0 saturated carbocycles. The maximum absolute atomic E-state index is 6.07. The molecule has 0 amide bonds.